The van der Waals surface area contributed by atoms with Crippen LogP contribution in [0, 0.1) is 11.8 Å². The number of piperidine rings is 1. The van der Waals surface area contributed by atoms with E-state index in [2.05, 4.69) is 22.7 Å². The van der Waals surface area contributed by atoms with E-state index in [1.807, 2.05) is 13.2 Å². The molecule has 3 heterocycles. The molecule has 2 amide bonds. The molecule has 3 rings (SSSR count). The molecule has 7 nitrogen and oxygen atoms in total. The van der Waals surface area contributed by atoms with E-state index < -0.39 is 6.04 Å². The standard InChI is InChI=1S/C17H27N5O2.ClH/c1-12(13-3-6-18-7-4-13)9-16(23)20-15-5-8-22(17(15)24)14-10-19-21(2)11-14;/h10-13,15,18H,3-9H2,1-2H3,(H,20,23);1H. The average molecular weight is 370 g/mol. The van der Waals surface area contributed by atoms with Crippen LogP contribution in [0.3, 0.4) is 0 Å². The second-order valence-electron chi connectivity index (χ2n) is 7.04. The molecule has 140 valence electrons. The predicted octanol–water partition coefficient (Wildman–Crippen LogP) is 1.09. The van der Waals surface area contributed by atoms with Crippen LogP contribution in [0.5, 0.6) is 0 Å². The average Bonchev–Trinajstić information content (AvgIpc) is 3.15. The summed E-state index contributed by atoms with van der Waals surface area (Å²) in [7, 11) is 1.82. The Morgan fingerprint density at radius 2 is 2.12 bits per heavy atom. The quantitative estimate of drug-likeness (QED) is 0.814. The van der Waals surface area contributed by atoms with Gasteiger partial charge in [0, 0.05) is 26.2 Å². The largest absolute Gasteiger partial charge is 0.344 e. The van der Waals surface area contributed by atoms with Crippen LogP contribution in [0.2, 0.25) is 0 Å². The topological polar surface area (TPSA) is 79.3 Å². The molecule has 2 aliphatic heterocycles. The Hall–Kier alpha value is -1.60. The van der Waals surface area contributed by atoms with Gasteiger partial charge in [0.2, 0.25) is 11.8 Å². The lowest BCUT2D eigenvalue weighted by atomic mass is 9.84. The van der Waals surface area contributed by atoms with Gasteiger partial charge in [-0.1, -0.05) is 6.92 Å². The molecule has 2 unspecified atom stereocenters. The molecule has 2 aliphatic rings. The summed E-state index contributed by atoms with van der Waals surface area (Å²) in [5, 5.41) is 10.4. The van der Waals surface area contributed by atoms with Crippen LogP contribution in [0.25, 0.3) is 0 Å². The fourth-order valence-electron chi connectivity index (χ4n) is 3.74. The zero-order chi connectivity index (χ0) is 17.1. The number of halogens is 1. The molecule has 2 saturated heterocycles. The molecule has 1 aromatic rings. The van der Waals surface area contributed by atoms with Crippen molar-refractivity contribution in [1.29, 1.82) is 0 Å². The van der Waals surface area contributed by atoms with Crippen molar-refractivity contribution < 1.29 is 9.59 Å². The number of rotatable bonds is 5. The number of anilines is 1. The van der Waals surface area contributed by atoms with Gasteiger partial charge in [0.05, 0.1) is 11.9 Å². The van der Waals surface area contributed by atoms with E-state index in [-0.39, 0.29) is 24.2 Å². The third-order valence-electron chi connectivity index (χ3n) is 5.24. The predicted molar refractivity (Wildman–Crippen MR) is 98.7 cm³/mol. The van der Waals surface area contributed by atoms with Crippen molar-refractivity contribution in [1.82, 2.24) is 20.4 Å². The van der Waals surface area contributed by atoms with Crippen LogP contribution in [0.15, 0.2) is 12.4 Å². The lowest BCUT2D eigenvalue weighted by Gasteiger charge is -2.28. The summed E-state index contributed by atoms with van der Waals surface area (Å²) in [6.07, 6.45) is 6.92. The summed E-state index contributed by atoms with van der Waals surface area (Å²) in [5.74, 6) is 0.916. The van der Waals surface area contributed by atoms with Crippen LogP contribution in [-0.4, -0.2) is 47.3 Å². The van der Waals surface area contributed by atoms with Crippen molar-refractivity contribution >= 4 is 29.9 Å². The molecule has 0 saturated carbocycles. The van der Waals surface area contributed by atoms with Crippen molar-refractivity contribution in [2.75, 3.05) is 24.5 Å². The number of nitrogens with one attached hydrogen (secondary N) is 2. The Balaban J connectivity index is 0.00000225. The Kier molecular flexibility index (Phi) is 6.84. The molecule has 0 spiro atoms. The van der Waals surface area contributed by atoms with Crippen molar-refractivity contribution in [2.45, 2.75) is 38.6 Å². The monoisotopic (exact) mass is 369 g/mol. The van der Waals surface area contributed by atoms with Crippen LogP contribution >= 0.6 is 12.4 Å². The van der Waals surface area contributed by atoms with Crippen LogP contribution in [-0.2, 0) is 16.6 Å². The Labute approximate surface area is 154 Å². The zero-order valence-electron chi connectivity index (χ0n) is 14.9. The third kappa shape index (κ3) is 4.73. The van der Waals surface area contributed by atoms with Crippen LogP contribution < -0.4 is 15.5 Å². The molecule has 2 N–H and O–H groups in total. The summed E-state index contributed by atoms with van der Waals surface area (Å²) in [5.41, 5.74) is 0.794. The van der Waals surface area contributed by atoms with Gasteiger partial charge in [0.1, 0.15) is 6.04 Å². The molecule has 2 atom stereocenters. The van der Waals surface area contributed by atoms with Gasteiger partial charge in [-0.3, -0.25) is 14.3 Å². The molecule has 8 heteroatoms. The van der Waals surface area contributed by atoms with Gasteiger partial charge >= 0.3 is 0 Å². The van der Waals surface area contributed by atoms with E-state index in [4.69, 9.17) is 0 Å². The molecular formula is C17H28ClN5O2. The van der Waals surface area contributed by atoms with Crippen molar-refractivity contribution in [3.05, 3.63) is 12.4 Å². The minimum absolute atomic E-state index is 0. The van der Waals surface area contributed by atoms with Crippen molar-refractivity contribution in [3.8, 4) is 0 Å². The van der Waals surface area contributed by atoms with E-state index in [0.29, 0.717) is 31.2 Å². The van der Waals surface area contributed by atoms with Crippen LogP contribution in [0.4, 0.5) is 5.69 Å². The summed E-state index contributed by atoms with van der Waals surface area (Å²) < 4.78 is 1.68. The SMILES string of the molecule is CC(CC(=O)NC1CCN(c2cnn(C)c2)C1=O)C1CCNCC1.Cl. The molecule has 0 aromatic carbocycles. The first-order chi connectivity index (χ1) is 11.5. The van der Waals surface area contributed by atoms with E-state index in [1.54, 1.807) is 15.8 Å². The van der Waals surface area contributed by atoms with E-state index in [9.17, 15) is 9.59 Å². The number of hydrogen-bond acceptors (Lipinski definition) is 4. The third-order valence-corrected chi connectivity index (χ3v) is 5.24. The first kappa shape index (κ1) is 19.7. The molecule has 0 bridgehead atoms. The highest BCUT2D eigenvalue weighted by atomic mass is 35.5. The lowest BCUT2D eigenvalue weighted by molar-refractivity contribution is -0.127. The summed E-state index contributed by atoms with van der Waals surface area (Å²) in [6.45, 7) is 4.85. The van der Waals surface area contributed by atoms with Crippen molar-refractivity contribution in [3.63, 3.8) is 0 Å². The summed E-state index contributed by atoms with van der Waals surface area (Å²) >= 11 is 0. The van der Waals surface area contributed by atoms with Crippen LogP contribution in [0.1, 0.15) is 32.6 Å². The fraction of sp³-hybridized carbons (Fsp3) is 0.706. The Morgan fingerprint density at radius 3 is 2.76 bits per heavy atom. The van der Waals surface area contributed by atoms with Gasteiger partial charge in [0.15, 0.2) is 0 Å². The number of nitrogens with zero attached hydrogens (tertiary/aromatic N) is 3. The van der Waals surface area contributed by atoms with Gasteiger partial charge < -0.3 is 15.5 Å². The first-order valence-electron chi connectivity index (χ1n) is 8.84. The number of carbonyl (C=O) groups excluding carboxylic acids is 2. The normalized spacial score (nSPS) is 22.6. The molecule has 0 radical (unpaired) electrons. The summed E-state index contributed by atoms with van der Waals surface area (Å²) in [4.78, 5) is 26.5. The minimum Gasteiger partial charge on any atom is -0.344 e. The summed E-state index contributed by atoms with van der Waals surface area (Å²) in [6, 6.07) is -0.405. The molecule has 25 heavy (non-hydrogen) atoms. The number of carbonyl (C=O) groups is 2. The van der Waals surface area contributed by atoms with E-state index in [1.165, 1.54) is 0 Å². The highest BCUT2D eigenvalue weighted by Crippen LogP contribution is 2.25. The maximum atomic E-state index is 12.5. The maximum Gasteiger partial charge on any atom is 0.249 e. The molecule has 1 aromatic heterocycles. The maximum absolute atomic E-state index is 12.5. The van der Waals surface area contributed by atoms with Gasteiger partial charge in [-0.15, -0.1) is 12.4 Å². The van der Waals surface area contributed by atoms with Crippen molar-refractivity contribution in [2.24, 2.45) is 18.9 Å². The molecule has 0 aliphatic carbocycles. The lowest BCUT2D eigenvalue weighted by Crippen LogP contribution is -2.42. The zero-order valence-corrected chi connectivity index (χ0v) is 15.7. The number of aromatic nitrogens is 2. The number of aryl methyl sites for hydroxylation is 1. The number of hydrogen-bond donors (Lipinski definition) is 2. The van der Waals surface area contributed by atoms with Gasteiger partial charge in [-0.25, -0.2) is 0 Å². The highest BCUT2D eigenvalue weighted by molar-refractivity contribution is 6.01. The Morgan fingerprint density at radius 1 is 1.40 bits per heavy atom. The minimum atomic E-state index is -0.405. The smallest absolute Gasteiger partial charge is 0.249 e. The Bertz CT molecular complexity index is 600. The molecule has 2 fully saturated rings. The second-order valence-corrected chi connectivity index (χ2v) is 7.04. The fourth-order valence-corrected chi connectivity index (χ4v) is 3.74. The second kappa shape index (κ2) is 8.67. The van der Waals surface area contributed by atoms with Gasteiger partial charge in [-0.2, -0.15) is 5.10 Å². The van der Waals surface area contributed by atoms with E-state index in [0.717, 1.165) is 31.6 Å². The molecular weight excluding hydrogens is 342 g/mol. The number of amides is 2. The van der Waals surface area contributed by atoms with E-state index >= 15 is 0 Å². The first-order valence-corrected chi connectivity index (χ1v) is 8.84. The highest BCUT2D eigenvalue weighted by Gasteiger charge is 2.34. The van der Waals surface area contributed by atoms with Gasteiger partial charge in [-0.05, 0) is 44.2 Å². The van der Waals surface area contributed by atoms with Gasteiger partial charge in [0.25, 0.3) is 0 Å².